The molecule has 1 saturated carbocycles. The molecule has 3 nitrogen and oxygen atoms in total. The maximum Gasteiger partial charge on any atom is 0.309 e. The Balaban J connectivity index is 2.30. The van der Waals surface area contributed by atoms with Gasteiger partial charge in [-0.05, 0) is 37.8 Å². The lowest BCUT2D eigenvalue weighted by Crippen LogP contribution is -2.34. The molecule has 1 aliphatic rings. The molecule has 21 heavy (non-hydrogen) atoms. The third kappa shape index (κ3) is 3.78. The van der Waals surface area contributed by atoms with Crippen LogP contribution in [0, 0.1) is 12.3 Å². The number of carboxylic acid groups (broad SMARTS) is 1. The lowest BCUT2D eigenvalue weighted by Gasteiger charge is -2.32. The van der Waals surface area contributed by atoms with Crippen LogP contribution in [0.25, 0.3) is 0 Å². The van der Waals surface area contributed by atoms with E-state index in [9.17, 15) is 9.90 Å². The molecule has 1 aromatic carbocycles. The maximum absolute atomic E-state index is 12.0. The second kappa shape index (κ2) is 6.97. The molecule has 0 aliphatic heterocycles. The molecule has 0 spiro atoms. The quantitative estimate of drug-likeness (QED) is 0.896. The summed E-state index contributed by atoms with van der Waals surface area (Å²) >= 11 is 0. The lowest BCUT2D eigenvalue weighted by molar-refractivity contribution is -0.150. The van der Waals surface area contributed by atoms with Gasteiger partial charge in [0.25, 0.3) is 0 Å². The van der Waals surface area contributed by atoms with E-state index in [-0.39, 0.29) is 0 Å². The van der Waals surface area contributed by atoms with Crippen molar-refractivity contribution < 1.29 is 14.6 Å². The summed E-state index contributed by atoms with van der Waals surface area (Å²) in [7, 11) is 1.65. The molecule has 116 valence electrons. The summed E-state index contributed by atoms with van der Waals surface area (Å²) in [6.45, 7) is 2.04. The van der Waals surface area contributed by atoms with Gasteiger partial charge in [-0.1, -0.05) is 49.8 Å². The number of hydrogen-bond acceptors (Lipinski definition) is 2. The molecular weight excluding hydrogens is 264 g/mol. The zero-order valence-electron chi connectivity index (χ0n) is 13.2. The highest BCUT2D eigenvalue weighted by Gasteiger charge is 2.38. The Labute approximate surface area is 127 Å². The second-order valence-electron chi connectivity index (χ2n) is 6.35. The Morgan fingerprint density at radius 2 is 1.81 bits per heavy atom. The molecule has 0 atom stereocenters. The summed E-state index contributed by atoms with van der Waals surface area (Å²) in [5.74, 6) is 0.163. The molecule has 0 radical (unpaired) electrons. The highest BCUT2D eigenvalue weighted by atomic mass is 16.5. The average molecular weight is 290 g/mol. The van der Waals surface area contributed by atoms with E-state index in [4.69, 9.17) is 4.74 Å². The van der Waals surface area contributed by atoms with Crippen molar-refractivity contribution in [1.29, 1.82) is 0 Å². The first-order chi connectivity index (χ1) is 10.1. The van der Waals surface area contributed by atoms with E-state index < -0.39 is 11.4 Å². The minimum atomic E-state index is -0.645. The Hall–Kier alpha value is -1.51. The van der Waals surface area contributed by atoms with Crippen molar-refractivity contribution in [3.05, 3.63) is 29.3 Å². The van der Waals surface area contributed by atoms with Gasteiger partial charge in [-0.2, -0.15) is 0 Å². The predicted octanol–water partition coefficient (Wildman–Crippen LogP) is 4.36. The zero-order chi connectivity index (χ0) is 15.3. The van der Waals surface area contributed by atoms with Crippen LogP contribution < -0.4 is 4.74 Å². The van der Waals surface area contributed by atoms with Crippen LogP contribution in [0.4, 0.5) is 0 Å². The van der Waals surface area contributed by atoms with Gasteiger partial charge in [0.15, 0.2) is 0 Å². The number of methoxy groups -OCH3 is 1. The van der Waals surface area contributed by atoms with Gasteiger partial charge in [-0.15, -0.1) is 0 Å². The molecule has 1 aliphatic carbocycles. The van der Waals surface area contributed by atoms with Crippen LogP contribution >= 0.6 is 0 Å². The van der Waals surface area contributed by atoms with E-state index in [0.29, 0.717) is 6.42 Å². The molecule has 0 heterocycles. The van der Waals surface area contributed by atoms with Gasteiger partial charge >= 0.3 is 5.97 Å². The number of hydrogen-bond donors (Lipinski definition) is 1. The SMILES string of the molecule is COc1ccc(C)cc1CC1(C(=O)O)CCCCCCC1. The molecule has 1 aromatic rings. The van der Waals surface area contributed by atoms with E-state index in [0.717, 1.165) is 55.4 Å². The Morgan fingerprint density at radius 3 is 2.38 bits per heavy atom. The fourth-order valence-electron chi connectivity index (χ4n) is 3.46. The van der Waals surface area contributed by atoms with E-state index >= 15 is 0 Å². The Morgan fingerprint density at radius 1 is 1.19 bits per heavy atom. The topological polar surface area (TPSA) is 46.5 Å². The number of benzene rings is 1. The van der Waals surface area contributed by atoms with Crippen LogP contribution in [-0.4, -0.2) is 18.2 Å². The zero-order valence-corrected chi connectivity index (χ0v) is 13.2. The molecule has 0 unspecified atom stereocenters. The minimum Gasteiger partial charge on any atom is -0.496 e. The number of ether oxygens (including phenoxy) is 1. The second-order valence-corrected chi connectivity index (χ2v) is 6.35. The van der Waals surface area contributed by atoms with Gasteiger partial charge in [-0.3, -0.25) is 4.79 Å². The number of carbonyl (C=O) groups is 1. The average Bonchev–Trinajstić information content (AvgIpc) is 2.42. The molecule has 0 aromatic heterocycles. The summed E-state index contributed by atoms with van der Waals surface area (Å²) in [6, 6.07) is 6.03. The first kappa shape index (κ1) is 15.9. The summed E-state index contributed by atoms with van der Waals surface area (Å²) in [6.07, 6.45) is 7.70. The molecule has 1 N–H and O–H groups in total. The fraction of sp³-hybridized carbons (Fsp3) is 0.611. The number of aliphatic carboxylic acids is 1. The van der Waals surface area contributed by atoms with Gasteiger partial charge in [0.1, 0.15) is 5.75 Å². The number of aryl methyl sites for hydroxylation is 1. The minimum absolute atomic E-state index is 0.577. The van der Waals surface area contributed by atoms with Crippen LogP contribution in [-0.2, 0) is 11.2 Å². The molecule has 0 saturated heterocycles. The highest BCUT2D eigenvalue weighted by Crippen LogP contribution is 2.39. The molecule has 0 bridgehead atoms. The van der Waals surface area contributed by atoms with Crippen molar-refractivity contribution in [3.63, 3.8) is 0 Å². The third-order valence-corrected chi connectivity index (χ3v) is 4.73. The summed E-state index contributed by atoms with van der Waals surface area (Å²) in [5.41, 5.74) is 1.55. The predicted molar refractivity (Wildman–Crippen MR) is 83.8 cm³/mol. The fourth-order valence-corrected chi connectivity index (χ4v) is 3.46. The number of carboxylic acids is 1. The van der Waals surface area contributed by atoms with Crippen LogP contribution in [0.1, 0.15) is 56.1 Å². The van der Waals surface area contributed by atoms with Crippen LogP contribution in [0.15, 0.2) is 18.2 Å². The molecular formula is C18H26O3. The molecule has 2 rings (SSSR count). The number of rotatable bonds is 4. The van der Waals surface area contributed by atoms with Crippen molar-refractivity contribution in [1.82, 2.24) is 0 Å². The van der Waals surface area contributed by atoms with E-state index in [1.165, 1.54) is 6.42 Å². The van der Waals surface area contributed by atoms with Crippen LogP contribution in [0.3, 0.4) is 0 Å². The molecule has 1 fully saturated rings. The lowest BCUT2D eigenvalue weighted by atomic mass is 9.72. The Bertz CT molecular complexity index is 485. The summed E-state index contributed by atoms with van der Waals surface area (Å²) in [5, 5.41) is 9.86. The molecule has 3 heteroatoms. The van der Waals surface area contributed by atoms with Crippen molar-refractivity contribution in [2.45, 2.75) is 58.3 Å². The van der Waals surface area contributed by atoms with Crippen LogP contribution in [0.5, 0.6) is 5.75 Å². The maximum atomic E-state index is 12.0. The van der Waals surface area contributed by atoms with E-state index in [1.807, 2.05) is 19.1 Å². The van der Waals surface area contributed by atoms with Gasteiger partial charge < -0.3 is 9.84 Å². The van der Waals surface area contributed by atoms with Gasteiger partial charge in [0, 0.05) is 0 Å². The van der Waals surface area contributed by atoms with Crippen LogP contribution in [0.2, 0.25) is 0 Å². The monoisotopic (exact) mass is 290 g/mol. The smallest absolute Gasteiger partial charge is 0.309 e. The van der Waals surface area contributed by atoms with Gasteiger partial charge in [0.2, 0.25) is 0 Å². The van der Waals surface area contributed by atoms with Crippen molar-refractivity contribution in [3.8, 4) is 5.75 Å². The largest absolute Gasteiger partial charge is 0.496 e. The van der Waals surface area contributed by atoms with Gasteiger partial charge in [0.05, 0.1) is 12.5 Å². The van der Waals surface area contributed by atoms with Crippen molar-refractivity contribution in [2.75, 3.05) is 7.11 Å². The highest BCUT2D eigenvalue weighted by molar-refractivity contribution is 5.75. The standard InChI is InChI=1S/C18H26O3/c1-14-8-9-16(21-2)15(12-14)13-18(17(19)20)10-6-4-3-5-7-11-18/h8-9,12H,3-7,10-11,13H2,1-2H3,(H,19,20). The first-order valence-corrected chi connectivity index (χ1v) is 7.94. The first-order valence-electron chi connectivity index (χ1n) is 7.94. The molecule has 0 amide bonds. The van der Waals surface area contributed by atoms with Crippen molar-refractivity contribution >= 4 is 5.97 Å². The summed E-state index contributed by atoms with van der Waals surface area (Å²) < 4.78 is 5.43. The van der Waals surface area contributed by atoms with Gasteiger partial charge in [-0.25, -0.2) is 0 Å². The van der Waals surface area contributed by atoms with E-state index in [2.05, 4.69) is 6.07 Å². The van der Waals surface area contributed by atoms with E-state index in [1.54, 1.807) is 7.11 Å². The normalized spacial score (nSPS) is 18.6. The Kier molecular flexibility index (Phi) is 5.27. The third-order valence-electron chi connectivity index (χ3n) is 4.73. The van der Waals surface area contributed by atoms with Crippen molar-refractivity contribution in [2.24, 2.45) is 5.41 Å². The summed E-state index contributed by atoms with van der Waals surface area (Å²) in [4.78, 5) is 12.0.